The summed E-state index contributed by atoms with van der Waals surface area (Å²) in [7, 11) is 3.99. The van der Waals surface area contributed by atoms with E-state index in [1.807, 2.05) is 7.05 Å². The van der Waals surface area contributed by atoms with Crippen molar-refractivity contribution in [2.45, 2.75) is 18.9 Å². The molecule has 1 aliphatic heterocycles. The van der Waals surface area contributed by atoms with E-state index in [0.29, 0.717) is 5.92 Å². The van der Waals surface area contributed by atoms with Crippen LogP contribution in [0, 0.1) is 5.92 Å². The summed E-state index contributed by atoms with van der Waals surface area (Å²) in [6.45, 7) is 2.24. The van der Waals surface area contributed by atoms with Gasteiger partial charge >= 0.3 is 0 Å². The van der Waals surface area contributed by atoms with Crippen LogP contribution in [0.1, 0.15) is 12.8 Å². The van der Waals surface area contributed by atoms with Gasteiger partial charge in [-0.25, -0.2) is 0 Å². The van der Waals surface area contributed by atoms with Crippen molar-refractivity contribution in [3.63, 3.8) is 0 Å². The molecule has 12 heavy (non-hydrogen) atoms. The molecule has 1 rings (SSSR count). The number of carbonyl (C=O) groups excluding carboxylic acids is 1. The Morgan fingerprint density at radius 2 is 2.08 bits per heavy atom. The van der Waals surface area contributed by atoms with Gasteiger partial charge < -0.3 is 15.0 Å². The molecule has 0 aromatic carbocycles. The van der Waals surface area contributed by atoms with E-state index >= 15 is 0 Å². The van der Waals surface area contributed by atoms with E-state index in [1.54, 1.807) is 0 Å². The van der Waals surface area contributed by atoms with Gasteiger partial charge in [0, 0.05) is 0 Å². The molecule has 0 aliphatic carbocycles. The molecule has 1 aliphatic rings. The summed E-state index contributed by atoms with van der Waals surface area (Å²) < 4.78 is 0. The molecule has 0 radical (unpaired) electrons. The summed E-state index contributed by atoms with van der Waals surface area (Å²) in [6.07, 6.45) is 3.32. The lowest BCUT2D eigenvalue weighted by atomic mass is 9.90. The third-order valence-corrected chi connectivity index (χ3v) is 2.75. The first-order valence-corrected chi connectivity index (χ1v) is 4.59. The molecular weight excluding hydrogens is 152 g/mol. The van der Waals surface area contributed by atoms with Gasteiger partial charge in [0.05, 0.1) is 6.04 Å². The van der Waals surface area contributed by atoms with Gasteiger partial charge in [0.2, 0.25) is 0 Å². The molecule has 0 amide bonds. The van der Waals surface area contributed by atoms with Gasteiger partial charge in [0.1, 0.15) is 6.29 Å². The van der Waals surface area contributed by atoms with Crippen LogP contribution in [0.4, 0.5) is 0 Å². The van der Waals surface area contributed by atoms with Crippen LogP contribution in [0.2, 0.25) is 0 Å². The van der Waals surface area contributed by atoms with Crippen LogP contribution in [0.15, 0.2) is 0 Å². The topological polar surface area (TPSA) is 32.3 Å². The van der Waals surface area contributed by atoms with E-state index in [4.69, 9.17) is 0 Å². The number of carbonyl (C=O) groups is 1. The highest BCUT2D eigenvalue weighted by Crippen LogP contribution is 2.18. The van der Waals surface area contributed by atoms with Gasteiger partial charge in [0.25, 0.3) is 0 Å². The normalized spacial score (nSPS) is 23.8. The molecule has 0 saturated carbocycles. The standard InChI is InChI=1S/C9H18N2O/c1-10-9(7-12)8-3-5-11(2)6-4-8/h7-10H,3-6H2,1-2H3. The lowest BCUT2D eigenvalue weighted by Crippen LogP contribution is -2.41. The summed E-state index contributed by atoms with van der Waals surface area (Å²) in [5.74, 6) is 0.545. The van der Waals surface area contributed by atoms with Crippen molar-refractivity contribution < 1.29 is 4.79 Å². The van der Waals surface area contributed by atoms with Crippen molar-refractivity contribution in [2.75, 3.05) is 27.2 Å². The molecule has 0 spiro atoms. The maximum absolute atomic E-state index is 10.6. The zero-order valence-corrected chi connectivity index (χ0v) is 7.92. The molecule has 3 heteroatoms. The SMILES string of the molecule is CNC(C=O)C1CCN(C)CC1. The van der Waals surface area contributed by atoms with E-state index in [1.165, 1.54) is 0 Å². The monoisotopic (exact) mass is 170 g/mol. The third kappa shape index (κ3) is 2.29. The largest absolute Gasteiger partial charge is 0.311 e. The second kappa shape index (κ2) is 4.58. The smallest absolute Gasteiger partial charge is 0.137 e. The minimum atomic E-state index is 0.0682. The van der Waals surface area contributed by atoms with Gasteiger partial charge in [-0.2, -0.15) is 0 Å². The first-order chi connectivity index (χ1) is 5.77. The van der Waals surface area contributed by atoms with Crippen LogP contribution in [0.5, 0.6) is 0 Å². The maximum atomic E-state index is 10.6. The number of nitrogens with one attached hydrogen (secondary N) is 1. The minimum absolute atomic E-state index is 0.0682. The summed E-state index contributed by atoms with van der Waals surface area (Å²) in [5.41, 5.74) is 0. The molecule has 0 aromatic heterocycles. The van der Waals surface area contributed by atoms with Crippen LogP contribution in [-0.2, 0) is 4.79 Å². The number of hydrogen-bond donors (Lipinski definition) is 1. The zero-order valence-electron chi connectivity index (χ0n) is 7.92. The van der Waals surface area contributed by atoms with Crippen molar-refractivity contribution in [1.82, 2.24) is 10.2 Å². The molecule has 1 saturated heterocycles. The number of likely N-dealkylation sites (N-methyl/N-ethyl adjacent to an activating group) is 1. The Balaban J connectivity index is 2.37. The van der Waals surface area contributed by atoms with Crippen LogP contribution < -0.4 is 5.32 Å². The lowest BCUT2D eigenvalue weighted by molar-refractivity contribution is -0.110. The number of likely N-dealkylation sites (tertiary alicyclic amines) is 1. The maximum Gasteiger partial charge on any atom is 0.137 e. The van der Waals surface area contributed by atoms with Crippen molar-refractivity contribution in [3.8, 4) is 0 Å². The number of rotatable bonds is 3. The Kier molecular flexibility index (Phi) is 3.69. The highest BCUT2D eigenvalue weighted by molar-refractivity contribution is 5.58. The third-order valence-electron chi connectivity index (χ3n) is 2.75. The van der Waals surface area contributed by atoms with Crippen molar-refractivity contribution in [1.29, 1.82) is 0 Å². The molecule has 1 atom stereocenters. The fourth-order valence-corrected chi connectivity index (χ4v) is 1.80. The zero-order chi connectivity index (χ0) is 8.97. The second-order valence-corrected chi connectivity index (χ2v) is 3.59. The van der Waals surface area contributed by atoms with Gasteiger partial charge in [-0.15, -0.1) is 0 Å². The van der Waals surface area contributed by atoms with Crippen LogP contribution in [-0.4, -0.2) is 44.4 Å². The first kappa shape index (κ1) is 9.68. The number of piperidine rings is 1. The fourth-order valence-electron chi connectivity index (χ4n) is 1.80. The Hall–Kier alpha value is -0.410. The van der Waals surface area contributed by atoms with Crippen molar-refractivity contribution in [3.05, 3.63) is 0 Å². The lowest BCUT2D eigenvalue weighted by Gasteiger charge is -2.31. The van der Waals surface area contributed by atoms with Crippen LogP contribution in [0.3, 0.4) is 0 Å². The Morgan fingerprint density at radius 3 is 2.50 bits per heavy atom. The van der Waals surface area contributed by atoms with E-state index < -0.39 is 0 Å². The molecule has 0 aromatic rings. The van der Waals surface area contributed by atoms with Gasteiger partial charge in [-0.3, -0.25) is 0 Å². The van der Waals surface area contributed by atoms with Crippen molar-refractivity contribution in [2.24, 2.45) is 5.92 Å². The molecule has 1 heterocycles. The first-order valence-electron chi connectivity index (χ1n) is 4.59. The number of hydrogen-bond acceptors (Lipinski definition) is 3. The molecular formula is C9H18N2O. The summed E-state index contributed by atoms with van der Waals surface area (Å²) in [6, 6.07) is 0.0682. The van der Waals surface area contributed by atoms with Gasteiger partial charge in [-0.1, -0.05) is 0 Å². The molecule has 1 fully saturated rings. The van der Waals surface area contributed by atoms with E-state index in [0.717, 1.165) is 32.2 Å². The van der Waals surface area contributed by atoms with Crippen LogP contribution >= 0.6 is 0 Å². The molecule has 3 nitrogen and oxygen atoms in total. The minimum Gasteiger partial charge on any atom is -0.311 e. The fraction of sp³-hybridized carbons (Fsp3) is 0.889. The second-order valence-electron chi connectivity index (χ2n) is 3.59. The predicted octanol–water partition coefficient (Wildman–Crippen LogP) is 0.115. The Bertz CT molecular complexity index is 141. The average molecular weight is 170 g/mol. The molecule has 0 bridgehead atoms. The molecule has 70 valence electrons. The summed E-state index contributed by atoms with van der Waals surface area (Å²) >= 11 is 0. The van der Waals surface area contributed by atoms with E-state index in [2.05, 4.69) is 17.3 Å². The Morgan fingerprint density at radius 1 is 1.50 bits per heavy atom. The molecule has 1 N–H and O–H groups in total. The van der Waals surface area contributed by atoms with E-state index in [9.17, 15) is 4.79 Å². The highest BCUT2D eigenvalue weighted by atomic mass is 16.1. The van der Waals surface area contributed by atoms with Crippen LogP contribution in [0.25, 0.3) is 0 Å². The Labute approximate surface area is 74.1 Å². The highest BCUT2D eigenvalue weighted by Gasteiger charge is 2.23. The predicted molar refractivity (Wildman–Crippen MR) is 49.1 cm³/mol. The molecule has 1 unspecified atom stereocenters. The summed E-state index contributed by atoms with van der Waals surface area (Å²) in [4.78, 5) is 13.0. The van der Waals surface area contributed by atoms with E-state index in [-0.39, 0.29) is 6.04 Å². The number of nitrogens with zero attached hydrogens (tertiary/aromatic N) is 1. The summed E-state index contributed by atoms with van der Waals surface area (Å²) in [5, 5.41) is 3.05. The van der Waals surface area contributed by atoms with Gasteiger partial charge in [-0.05, 0) is 45.9 Å². The van der Waals surface area contributed by atoms with Gasteiger partial charge in [0.15, 0.2) is 0 Å². The van der Waals surface area contributed by atoms with Crippen molar-refractivity contribution >= 4 is 6.29 Å². The average Bonchev–Trinajstić information content (AvgIpc) is 2.10. The number of aldehydes is 1. The quantitative estimate of drug-likeness (QED) is 0.610.